The average Bonchev–Trinajstić information content (AvgIpc) is 2.79. The molecule has 0 spiro atoms. The number of aliphatic carboxylic acids is 1. The molecule has 1 saturated heterocycles. The molecule has 0 bridgehead atoms. The zero-order valence-electron chi connectivity index (χ0n) is 11.2. The predicted molar refractivity (Wildman–Crippen MR) is 69.3 cm³/mol. The van der Waals surface area contributed by atoms with Crippen molar-refractivity contribution in [2.45, 2.75) is 45.6 Å². The first-order chi connectivity index (χ1) is 8.13. The lowest BCUT2D eigenvalue weighted by atomic mass is 10.2. The summed E-state index contributed by atoms with van der Waals surface area (Å²) in [6.07, 6.45) is 4.74. The summed E-state index contributed by atoms with van der Waals surface area (Å²) < 4.78 is 0. The summed E-state index contributed by atoms with van der Waals surface area (Å²) >= 11 is 0. The van der Waals surface area contributed by atoms with Crippen LogP contribution >= 0.6 is 0 Å². The van der Waals surface area contributed by atoms with Gasteiger partial charge in [-0.1, -0.05) is 6.92 Å². The number of carboxylic acid groups (broad SMARTS) is 1. The molecule has 17 heavy (non-hydrogen) atoms. The van der Waals surface area contributed by atoms with Crippen LogP contribution in [0.5, 0.6) is 0 Å². The van der Waals surface area contributed by atoms with Crippen LogP contribution in [-0.4, -0.2) is 59.6 Å². The molecule has 0 aromatic heterocycles. The Kier molecular flexibility index (Phi) is 6.52. The molecule has 1 heterocycles. The average molecular weight is 242 g/mol. The summed E-state index contributed by atoms with van der Waals surface area (Å²) in [4.78, 5) is 15.4. The first-order valence-electron chi connectivity index (χ1n) is 6.81. The molecule has 100 valence electrons. The zero-order valence-corrected chi connectivity index (χ0v) is 11.2. The normalized spacial score (nSPS) is 18.8. The molecule has 0 aliphatic carbocycles. The van der Waals surface area contributed by atoms with Gasteiger partial charge in [0, 0.05) is 12.6 Å². The highest BCUT2D eigenvalue weighted by atomic mass is 16.4. The second-order valence-corrected chi connectivity index (χ2v) is 5.02. The fraction of sp³-hybridized carbons (Fsp3) is 0.923. The first kappa shape index (κ1) is 14.5. The van der Waals surface area contributed by atoms with Crippen LogP contribution < -0.4 is 0 Å². The maximum atomic E-state index is 10.8. The van der Waals surface area contributed by atoms with Gasteiger partial charge in [0.25, 0.3) is 0 Å². The number of carbonyl (C=O) groups is 1. The van der Waals surface area contributed by atoms with Crippen molar-refractivity contribution in [3.05, 3.63) is 0 Å². The number of carboxylic acids is 1. The fourth-order valence-corrected chi connectivity index (χ4v) is 2.39. The number of nitrogens with zero attached hydrogens (tertiary/aromatic N) is 2. The molecule has 1 N–H and O–H groups in total. The van der Waals surface area contributed by atoms with E-state index >= 15 is 0 Å². The molecule has 0 radical (unpaired) electrons. The van der Waals surface area contributed by atoms with E-state index in [1.165, 1.54) is 25.9 Å². The van der Waals surface area contributed by atoms with E-state index in [2.05, 4.69) is 23.6 Å². The number of hydrogen-bond donors (Lipinski definition) is 1. The molecule has 1 fully saturated rings. The first-order valence-corrected chi connectivity index (χ1v) is 6.81. The minimum Gasteiger partial charge on any atom is -0.480 e. The van der Waals surface area contributed by atoms with Crippen LogP contribution in [0.3, 0.4) is 0 Å². The topological polar surface area (TPSA) is 43.8 Å². The van der Waals surface area contributed by atoms with Gasteiger partial charge in [0.15, 0.2) is 0 Å². The SMILES string of the molecule is CCC(C)N(CCCN1CCCC1)CC(=O)O. The third kappa shape index (κ3) is 5.50. The van der Waals surface area contributed by atoms with E-state index in [1.807, 2.05) is 0 Å². The smallest absolute Gasteiger partial charge is 0.317 e. The van der Waals surface area contributed by atoms with Gasteiger partial charge in [-0.05, 0) is 52.2 Å². The lowest BCUT2D eigenvalue weighted by molar-refractivity contribution is -0.138. The molecular weight excluding hydrogens is 216 g/mol. The zero-order chi connectivity index (χ0) is 12.7. The summed E-state index contributed by atoms with van der Waals surface area (Å²) in [5, 5.41) is 8.89. The molecule has 1 aliphatic heterocycles. The van der Waals surface area contributed by atoms with Crippen molar-refractivity contribution in [3.8, 4) is 0 Å². The van der Waals surface area contributed by atoms with Crippen LogP contribution in [0.2, 0.25) is 0 Å². The van der Waals surface area contributed by atoms with Crippen LogP contribution in [0.1, 0.15) is 39.5 Å². The predicted octanol–water partition coefficient (Wildman–Crippen LogP) is 1.66. The maximum absolute atomic E-state index is 10.8. The van der Waals surface area contributed by atoms with Crippen LogP contribution in [0, 0.1) is 0 Å². The van der Waals surface area contributed by atoms with Crippen molar-refractivity contribution in [1.82, 2.24) is 9.80 Å². The maximum Gasteiger partial charge on any atom is 0.317 e. The Bertz CT molecular complexity index is 227. The summed E-state index contributed by atoms with van der Waals surface area (Å²) in [5.41, 5.74) is 0. The van der Waals surface area contributed by atoms with Gasteiger partial charge in [0.05, 0.1) is 6.54 Å². The minimum atomic E-state index is -0.716. The Labute approximate surface area is 105 Å². The van der Waals surface area contributed by atoms with E-state index in [-0.39, 0.29) is 6.54 Å². The number of likely N-dealkylation sites (tertiary alicyclic amines) is 1. The minimum absolute atomic E-state index is 0.176. The number of hydrogen-bond acceptors (Lipinski definition) is 3. The van der Waals surface area contributed by atoms with Crippen LogP contribution in [0.15, 0.2) is 0 Å². The highest BCUT2D eigenvalue weighted by Crippen LogP contribution is 2.09. The van der Waals surface area contributed by atoms with Gasteiger partial charge >= 0.3 is 5.97 Å². The van der Waals surface area contributed by atoms with Gasteiger partial charge in [-0.25, -0.2) is 0 Å². The summed E-state index contributed by atoms with van der Waals surface area (Å²) in [7, 11) is 0. The third-order valence-electron chi connectivity index (χ3n) is 3.67. The van der Waals surface area contributed by atoms with Crippen LogP contribution in [0.25, 0.3) is 0 Å². The van der Waals surface area contributed by atoms with Crippen molar-refractivity contribution in [2.24, 2.45) is 0 Å². The van der Waals surface area contributed by atoms with Gasteiger partial charge in [0.2, 0.25) is 0 Å². The Hall–Kier alpha value is -0.610. The molecule has 0 aromatic rings. The monoisotopic (exact) mass is 242 g/mol. The largest absolute Gasteiger partial charge is 0.480 e. The Morgan fingerprint density at radius 3 is 2.59 bits per heavy atom. The third-order valence-corrected chi connectivity index (χ3v) is 3.67. The second-order valence-electron chi connectivity index (χ2n) is 5.02. The van der Waals surface area contributed by atoms with E-state index in [4.69, 9.17) is 5.11 Å². The molecular formula is C13H26N2O2. The van der Waals surface area contributed by atoms with E-state index < -0.39 is 5.97 Å². The Morgan fingerprint density at radius 1 is 1.41 bits per heavy atom. The van der Waals surface area contributed by atoms with Crippen molar-refractivity contribution in [3.63, 3.8) is 0 Å². The lowest BCUT2D eigenvalue weighted by Gasteiger charge is -2.27. The fourth-order valence-electron chi connectivity index (χ4n) is 2.39. The molecule has 1 unspecified atom stereocenters. The summed E-state index contributed by atoms with van der Waals surface area (Å²) in [6, 6.07) is 0.365. The molecule has 0 aromatic carbocycles. The highest BCUT2D eigenvalue weighted by molar-refractivity contribution is 5.69. The molecule has 1 aliphatic rings. The van der Waals surface area contributed by atoms with Crippen molar-refractivity contribution in [2.75, 3.05) is 32.7 Å². The van der Waals surface area contributed by atoms with Gasteiger partial charge in [0.1, 0.15) is 0 Å². The van der Waals surface area contributed by atoms with Gasteiger partial charge < -0.3 is 10.0 Å². The van der Waals surface area contributed by atoms with Crippen molar-refractivity contribution in [1.29, 1.82) is 0 Å². The second kappa shape index (κ2) is 7.67. The molecule has 1 atom stereocenters. The standard InChI is InChI=1S/C13H26N2O2/c1-3-12(2)15(11-13(16)17)10-6-9-14-7-4-5-8-14/h12H,3-11H2,1-2H3,(H,16,17). The Balaban J connectivity index is 2.24. The van der Waals surface area contributed by atoms with Crippen LogP contribution in [0.4, 0.5) is 0 Å². The van der Waals surface area contributed by atoms with E-state index in [0.29, 0.717) is 6.04 Å². The summed E-state index contributed by atoms with van der Waals surface area (Å²) in [5.74, 6) is -0.716. The Morgan fingerprint density at radius 2 is 2.06 bits per heavy atom. The summed E-state index contributed by atoms with van der Waals surface area (Å²) in [6.45, 7) is 8.86. The van der Waals surface area contributed by atoms with Gasteiger partial charge in [-0.2, -0.15) is 0 Å². The molecule has 1 rings (SSSR count). The quantitative estimate of drug-likeness (QED) is 0.703. The highest BCUT2D eigenvalue weighted by Gasteiger charge is 2.16. The van der Waals surface area contributed by atoms with E-state index in [0.717, 1.165) is 25.9 Å². The molecule has 0 amide bonds. The van der Waals surface area contributed by atoms with Crippen molar-refractivity contribution < 1.29 is 9.90 Å². The van der Waals surface area contributed by atoms with Gasteiger partial charge in [-0.3, -0.25) is 9.69 Å². The van der Waals surface area contributed by atoms with E-state index in [1.54, 1.807) is 0 Å². The number of rotatable bonds is 8. The molecule has 4 heteroatoms. The molecule has 0 saturated carbocycles. The lowest BCUT2D eigenvalue weighted by Crippen LogP contribution is -2.38. The van der Waals surface area contributed by atoms with Gasteiger partial charge in [-0.15, -0.1) is 0 Å². The van der Waals surface area contributed by atoms with Crippen LogP contribution in [-0.2, 0) is 4.79 Å². The van der Waals surface area contributed by atoms with Crippen molar-refractivity contribution >= 4 is 5.97 Å². The van der Waals surface area contributed by atoms with E-state index in [9.17, 15) is 4.79 Å². The molecule has 4 nitrogen and oxygen atoms in total.